The second-order valence-corrected chi connectivity index (χ2v) is 18.0. The van der Waals surface area contributed by atoms with Gasteiger partial charge in [-0.15, -0.1) is 0 Å². The summed E-state index contributed by atoms with van der Waals surface area (Å²) in [6, 6.07) is 12.8. The van der Waals surface area contributed by atoms with Crippen molar-refractivity contribution in [3.8, 4) is 0 Å². The average molecular weight is 839 g/mol. The molecule has 6 rings (SSSR count). The molecule has 0 spiro atoms. The van der Waals surface area contributed by atoms with E-state index >= 15 is 0 Å². The van der Waals surface area contributed by atoms with Gasteiger partial charge in [0, 0.05) is 67.1 Å². The Bertz CT molecular complexity index is 1950. The van der Waals surface area contributed by atoms with Gasteiger partial charge < -0.3 is 26.2 Å². The quantitative estimate of drug-likeness (QED) is 0.0588. The van der Waals surface area contributed by atoms with Crippen LogP contribution in [0.25, 0.3) is 0 Å². The van der Waals surface area contributed by atoms with E-state index in [0.29, 0.717) is 37.9 Å². The molecule has 3 aliphatic rings. The second kappa shape index (κ2) is 22.1. The maximum Gasteiger partial charge on any atom is 0.255 e. The number of fused-ring (bicyclic) bond motifs is 1. The van der Waals surface area contributed by atoms with Crippen molar-refractivity contribution in [2.24, 2.45) is 5.73 Å². The number of hydrogen-bond donors (Lipinski definition) is 4. The zero-order chi connectivity index (χ0) is 42.3. The van der Waals surface area contributed by atoms with Gasteiger partial charge in [0.2, 0.25) is 23.6 Å². The minimum absolute atomic E-state index is 0.0280. The predicted octanol–water partition coefficient (Wildman–Crippen LogP) is 7.42. The first-order valence-corrected chi connectivity index (χ1v) is 22.8. The third-order valence-electron chi connectivity index (χ3n) is 11.8. The summed E-state index contributed by atoms with van der Waals surface area (Å²) in [5, 5.41) is 9.20. The van der Waals surface area contributed by atoms with E-state index in [1.54, 1.807) is 6.07 Å². The van der Waals surface area contributed by atoms with E-state index < -0.39 is 11.9 Å². The highest BCUT2D eigenvalue weighted by molar-refractivity contribution is 7.99. The van der Waals surface area contributed by atoms with Crippen molar-refractivity contribution >= 4 is 52.8 Å². The lowest BCUT2D eigenvalue weighted by atomic mass is 9.91. The summed E-state index contributed by atoms with van der Waals surface area (Å²) in [6.45, 7) is 4.60. The predicted molar refractivity (Wildman–Crippen MR) is 234 cm³/mol. The molecule has 4 heterocycles. The third kappa shape index (κ3) is 13.6. The third-order valence-corrected chi connectivity index (χ3v) is 12.7. The minimum atomic E-state index is -0.634. The van der Waals surface area contributed by atoms with Crippen molar-refractivity contribution in [2.75, 3.05) is 23.3 Å². The summed E-state index contributed by atoms with van der Waals surface area (Å²) in [5.41, 5.74) is 9.29. The molecule has 2 aromatic carbocycles. The summed E-state index contributed by atoms with van der Waals surface area (Å²) < 4.78 is 0. The van der Waals surface area contributed by atoms with Crippen LogP contribution in [0.5, 0.6) is 0 Å². The number of rotatable bonds is 22. The topological polar surface area (TPSA) is 180 Å². The highest BCUT2D eigenvalue weighted by atomic mass is 32.2. The largest absolute Gasteiger partial charge is 0.355 e. The molecule has 0 saturated carbocycles. The molecule has 3 aliphatic heterocycles. The van der Waals surface area contributed by atoms with E-state index in [4.69, 9.17) is 5.73 Å². The van der Waals surface area contributed by atoms with Crippen molar-refractivity contribution < 1.29 is 24.0 Å². The summed E-state index contributed by atoms with van der Waals surface area (Å²) in [7, 11) is 0. The molecule has 60 heavy (non-hydrogen) atoms. The lowest BCUT2D eigenvalue weighted by Gasteiger charge is -2.37. The van der Waals surface area contributed by atoms with Crippen molar-refractivity contribution in [3.63, 3.8) is 0 Å². The molecule has 5 N–H and O–H groups in total. The fourth-order valence-corrected chi connectivity index (χ4v) is 8.90. The summed E-state index contributed by atoms with van der Waals surface area (Å²) in [4.78, 5) is 75.9. The van der Waals surface area contributed by atoms with E-state index in [-0.39, 0.29) is 35.6 Å². The van der Waals surface area contributed by atoms with Crippen LogP contribution in [0.1, 0.15) is 144 Å². The van der Waals surface area contributed by atoms with Crippen molar-refractivity contribution in [3.05, 3.63) is 71.5 Å². The van der Waals surface area contributed by atoms with Crippen molar-refractivity contribution in [1.29, 1.82) is 0 Å². The van der Waals surface area contributed by atoms with E-state index in [1.807, 2.05) is 48.8 Å². The Morgan fingerprint density at radius 2 is 1.52 bits per heavy atom. The molecule has 1 unspecified atom stereocenters. The van der Waals surface area contributed by atoms with Gasteiger partial charge in [0.1, 0.15) is 16.9 Å². The van der Waals surface area contributed by atoms with Crippen LogP contribution in [0.2, 0.25) is 0 Å². The molecule has 13 nitrogen and oxygen atoms in total. The van der Waals surface area contributed by atoms with Gasteiger partial charge in [-0.2, -0.15) is 0 Å². The first-order chi connectivity index (χ1) is 29.0. The van der Waals surface area contributed by atoms with Crippen LogP contribution in [-0.4, -0.2) is 69.1 Å². The maximum absolute atomic E-state index is 12.9. The van der Waals surface area contributed by atoms with Crippen LogP contribution in [0.3, 0.4) is 0 Å². The first-order valence-electron chi connectivity index (χ1n) is 22.0. The molecule has 3 aromatic rings. The standard InChI is InChI=1S/C46H62N8O5S/c1-46(47)23-25-53(26-24-46)39-30-50-43(31-48-39)60-36-16-14-15-35(28-36)51-41(56)18-13-11-9-7-5-3-2-4-6-8-10-12-17-40(55)49-29-33-19-20-37-34(27-33)32-54(45(37)59)38-21-22-42(57)52-44(38)58/h14-16,19-20,27-28,30-31,38H,2-13,17-18,21-26,29,32,47H2,1H3,(H,49,55)(H,51,56)(H,52,57,58). The van der Waals surface area contributed by atoms with Crippen LogP contribution in [0.4, 0.5) is 11.5 Å². The van der Waals surface area contributed by atoms with Gasteiger partial charge in [0.15, 0.2) is 0 Å². The average Bonchev–Trinajstić information content (AvgIpc) is 3.55. The van der Waals surface area contributed by atoms with Gasteiger partial charge in [-0.05, 0) is 74.4 Å². The molecule has 0 radical (unpaired) electrons. The van der Waals surface area contributed by atoms with E-state index in [1.165, 1.54) is 55.2 Å². The van der Waals surface area contributed by atoms with Crippen LogP contribution in [-0.2, 0) is 32.3 Å². The normalized spacial score (nSPS) is 17.4. The first kappa shape index (κ1) is 44.7. The van der Waals surface area contributed by atoms with Gasteiger partial charge in [-0.1, -0.05) is 94.2 Å². The Kier molecular flexibility index (Phi) is 16.5. The Morgan fingerprint density at radius 3 is 2.17 bits per heavy atom. The molecular weight excluding hydrogens is 777 g/mol. The number of nitrogens with two attached hydrogens (primary N) is 1. The number of amides is 5. The number of nitrogens with zero attached hydrogens (tertiary/aromatic N) is 4. The zero-order valence-electron chi connectivity index (χ0n) is 35.1. The lowest BCUT2D eigenvalue weighted by molar-refractivity contribution is -0.137. The van der Waals surface area contributed by atoms with Crippen LogP contribution in [0.15, 0.2) is 64.8 Å². The number of aromatic nitrogens is 2. The molecule has 1 aromatic heterocycles. The maximum atomic E-state index is 12.9. The number of imide groups is 1. The van der Waals surface area contributed by atoms with Crippen molar-refractivity contribution in [1.82, 2.24) is 25.5 Å². The van der Waals surface area contributed by atoms with Crippen LogP contribution in [0, 0.1) is 0 Å². The molecular formula is C46H62N8O5S. The molecule has 2 fully saturated rings. The highest BCUT2D eigenvalue weighted by Gasteiger charge is 2.39. The highest BCUT2D eigenvalue weighted by Crippen LogP contribution is 2.30. The van der Waals surface area contributed by atoms with Crippen LogP contribution < -0.4 is 26.6 Å². The lowest BCUT2D eigenvalue weighted by Crippen LogP contribution is -2.52. The number of carbonyl (C=O) groups excluding carboxylic acids is 5. The summed E-state index contributed by atoms with van der Waals surface area (Å²) in [5.74, 6) is 0.0448. The smallest absolute Gasteiger partial charge is 0.255 e. The molecule has 0 bridgehead atoms. The van der Waals surface area contributed by atoms with Crippen LogP contribution >= 0.6 is 11.8 Å². The van der Waals surface area contributed by atoms with Gasteiger partial charge in [-0.25, -0.2) is 9.97 Å². The van der Waals surface area contributed by atoms with E-state index in [9.17, 15) is 24.0 Å². The minimum Gasteiger partial charge on any atom is -0.355 e. The molecule has 322 valence electrons. The second-order valence-electron chi connectivity index (χ2n) is 16.9. The monoisotopic (exact) mass is 838 g/mol. The fraction of sp³-hybridized carbons (Fsp3) is 0.543. The fourth-order valence-electron chi connectivity index (χ4n) is 8.12. The SMILES string of the molecule is CC1(N)CCN(c2cnc(Sc3cccc(NC(=O)CCCCCCCCCCCCCCC(=O)NCc4ccc5c(c4)CN(C4CCC(=O)NC4=O)C5=O)c3)cn2)CC1. The Balaban J connectivity index is 0.731. The Labute approximate surface area is 358 Å². The molecule has 14 heteroatoms. The van der Waals surface area contributed by atoms with Gasteiger partial charge >= 0.3 is 0 Å². The number of piperidine rings is 2. The summed E-state index contributed by atoms with van der Waals surface area (Å²) >= 11 is 1.53. The number of anilines is 2. The Morgan fingerprint density at radius 1 is 0.850 bits per heavy atom. The van der Waals surface area contributed by atoms with Gasteiger partial charge in [0.25, 0.3) is 5.91 Å². The summed E-state index contributed by atoms with van der Waals surface area (Å²) in [6.07, 6.45) is 20.6. The number of hydrogen-bond acceptors (Lipinski definition) is 10. The molecule has 5 amide bonds. The van der Waals surface area contributed by atoms with E-state index in [2.05, 4.69) is 37.7 Å². The molecule has 2 saturated heterocycles. The number of carbonyl (C=O) groups is 5. The Hall–Kier alpha value is -4.82. The number of benzene rings is 2. The number of unbranched alkanes of at least 4 members (excludes halogenated alkanes) is 11. The zero-order valence-corrected chi connectivity index (χ0v) is 36.0. The van der Waals surface area contributed by atoms with E-state index in [0.717, 1.165) is 97.0 Å². The van der Waals surface area contributed by atoms with Crippen molar-refractivity contribution in [2.45, 2.75) is 157 Å². The van der Waals surface area contributed by atoms with Gasteiger partial charge in [0.05, 0.1) is 12.4 Å². The number of nitrogens with one attached hydrogen (secondary N) is 3. The van der Waals surface area contributed by atoms with Gasteiger partial charge in [-0.3, -0.25) is 29.3 Å². The molecule has 0 aliphatic carbocycles. The molecule has 1 atom stereocenters.